The topological polar surface area (TPSA) is 52.2 Å². The Morgan fingerprint density at radius 3 is 3.05 bits per heavy atom. The summed E-state index contributed by atoms with van der Waals surface area (Å²) >= 11 is 0. The van der Waals surface area contributed by atoms with E-state index in [0.29, 0.717) is 0 Å². The molecule has 0 radical (unpaired) electrons. The Kier molecular flexibility index (Phi) is 3.21. The Bertz CT molecular complexity index is 592. The van der Waals surface area contributed by atoms with Crippen LogP contribution in [-0.2, 0) is 0 Å². The van der Waals surface area contributed by atoms with Gasteiger partial charge in [0.25, 0.3) is 5.91 Å². The number of nitrogens with one attached hydrogen (secondary N) is 1. The summed E-state index contributed by atoms with van der Waals surface area (Å²) in [6.07, 6.45) is 2.78. The lowest BCUT2D eigenvalue weighted by Gasteiger charge is -2.20. The molecule has 5 heteroatoms. The van der Waals surface area contributed by atoms with Gasteiger partial charge in [-0.15, -0.1) is 0 Å². The Balaban J connectivity index is 1.89. The molecule has 0 atom stereocenters. The molecule has 1 saturated heterocycles. The maximum atomic E-state index is 12.6. The van der Waals surface area contributed by atoms with Crippen LogP contribution in [-0.4, -0.2) is 59.1 Å². The summed E-state index contributed by atoms with van der Waals surface area (Å²) in [5.41, 5.74) is 1.56. The van der Waals surface area contributed by atoms with Gasteiger partial charge in [0.1, 0.15) is 0 Å². The molecule has 0 unspecified atom stereocenters. The lowest BCUT2D eigenvalue weighted by Crippen LogP contribution is -2.34. The minimum atomic E-state index is 0.102. The van der Waals surface area contributed by atoms with Gasteiger partial charge in [-0.2, -0.15) is 5.10 Å². The van der Waals surface area contributed by atoms with Gasteiger partial charge in [0.15, 0.2) is 0 Å². The van der Waals surface area contributed by atoms with Crippen LogP contribution >= 0.6 is 0 Å². The molecule has 100 valence electrons. The highest BCUT2D eigenvalue weighted by Crippen LogP contribution is 2.18. The first-order valence-corrected chi connectivity index (χ1v) is 6.65. The van der Waals surface area contributed by atoms with Gasteiger partial charge in [0.2, 0.25) is 0 Å². The molecule has 1 aromatic carbocycles. The third-order valence-electron chi connectivity index (χ3n) is 3.71. The van der Waals surface area contributed by atoms with E-state index in [1.165, 1.54) is 0 Å². The molecule has 2 aromatic rings. The van der Waals surface area contributed by atoms with Crippen molar-refractivity contribution in [3.8, 4) is 0 Å². The normalized spacial score (nSPS) is 17.6. The number of amides is 1. The first kappa shape index (κ1) is 12.2. The Labute approximate surface area is 112 Å². The average Bonchev–Trinajstić information content (AvgIpc) is 2.80. The molecule has 1 N–H and O–H groups in total. The molecule has 1 fully saturated rings. The smallest absolute Gasteiger partial charge is 0.256 e. The molecule has 0 aliphatic carbocycles. The number of hydrogen-bond donors (Lipinski definition) is 1. The standard InChI is InChI=1S/C14H18N4O/c1-17-6-3-7-18(9-8-17)14(19)12-5-2-4-11-10-15-16-13(11)12/h2,4-5,10H,3,6-9H2,1H3,(H,15,16). The van der Waals surface area contributed by atoms with Gasteiger partial charge in [-0.3, -0.25) is 9.89 Å². The van der Waals surface area contributed by atoms with Crippen molar-refractivity contribution < 1.29 is 4.79 Å². The highest BCUT2D eigenvalue weighted by Gasteiger charge is 2.20. The van der Waals surface area contributed by atoms with Gasteiger partial charge >= 0.3 is 0 Å². The zero-order chi connectivity index (χ0) is 13.2. The summed E-state index contributed by atoms with van der Waals surface area (Å²) in [4.78, 5) is 16.8. The van der Waals surface area contributed by atoms with Gasteiger partial charge in [-0.1, -0.05) is 12.1 Å². The van der Waals surface area contributed by atoms with Crippen molar-refractivity contribution in [2.24, 2.45) is 0 Å². The summed E-state index contributed by atoms with van der Waals surface area (Å²) in [5, 5.41) is 7.92. The van der Waals surface area contributed by atoms with E-state index in [4.69, 9.17) is 0 Å². The molecule has 2 heterocycles. The number of likely N-dealkylation sites (N-methyl/N-ethyl adjacent to an activating group) is 1. The lowest BCUT2D eigenvalue weighted by molar-refractivity contribution is 0.0764. The van der Waals surface area contributed by atoms with Crippen LogP contribution in [0.15, 0.2) is 24.4 Å². The molecule has 0 spiro atoms. The van der Waals surface area contributed by atoms with Crippen molar-refractivity contribution in [1.82, 2.24) is 20.0 Å². The third-order valence-corrected chi connectivity index (χ3v) is 3.71. The number of benzene rings is 1. The third kappa shape index (κ3) is 2.33. The van der Waals surface area contributed by atoms with Crippen LogP contribution in [0, 0.1) is 0 Å². The molecule has 0 saturated carbocycles. The SMILES string of the molecule is CN1CCCN(C(=O)c2cccc3cn[nH]c23)CC1. The number of rotatable bonds is 1. The van der Waals surface area contributed by atoms with Crippen LogP contribution in [0.25, 0.3) is 10.9 Å². The van der Waals surface area contributed by atoms with Crippen LogP contribution in [0.2, 0.25) is 0 Å². The fraction of sp³-hybridized carbons (Fsp3) is 0.429. The number of nitrogens with zero attached hydrogens (tertiary/aromatic N) is 3. The van der Waals surface area contributed by atoms with Crippen LogP contribution in [0.3, 0.4) is 0 Å². The summed E-state index contributed by atoms with van der Waals surface area (Å²) in [6, 6.07) is 5.75. The van der Waals surface area contributed by atoms with Crippen molar-refractivity contribution in [2.75, 3.05) is 33.2 Å². The van der Waals surface area contributed by atoms with E-state index in [1.807, 2.05) is 23.1 Å². The molecule has 19 heavy (non-hydrogen) atoms. The first-order valence-electron chi connectivity index (χ1n) is 6.65. The zero-order valence-corrected chi connectivity index (χ0v) is 11.1. The summed E-state index contributed by atoms with van der Waals surface area (Å²) in [7, 11) is 2.10. The van der Waals surface area contributed by atoms with Crippen LogP contribution in [0.5, 0.6) is 0 Å². The number of aromatic nitrogens is 2. The van der Waals surface area contributed by atoms with Gasteiger partial charge in [0, 0.05) is 25.0 Å². The van der Waals surface area contributed by atoms with Crippen LogP contribution in [0.4, 0.5) is 0 Å². The largest absolute Gasteiger partial charge is 0.337 e. The molecule has 3 rings (SSSR count). The van der Waals surface area contributed by atoms with E-state index in [1.54, 1.807) is 6.20 Å². The van der Waals surface area contributed by atoms with E-state index < -0.39 is 0 Å². The van der Waals surface area contributed by atoms with E-state index in [9.17, 15) is 4.79 Å². The lowest BCUT2D eigenvalue weighted by atomic mass is 10.1. The molecule has 1 amide bonds. The average molecular weight is 258 g/mol. The second kappa shape index (κ2) is 5.01. The number of para-hydroxylation sites is 1. The molecular formula is C14H18N4O. The van der Waals surface area contributed by atoms with Crippen LogP contribution < -0.4 is 0 Å². The van der Waals surface area contributed by atoms with E-state index in [0.717, 1.165) is 49.1 Å². The van der Waals surface area contributed by atoms with E-state index >= 15 is 0 Å². The number of aromatic amines is 1. The Hall–Kier alpha value is -1.88. The summed E-state index contributed by atoms with van der Waals surface area (Å²) in [6.45, 7) is 3.61. The molecule has 1 aliphatic heterocycles. The predicted octanol–water partition coefficient (Wildman–Crippen LogP) is 1.34. The highest BCUT2D eigenvalue weighted by atomic mass is 16.2. The van der Waals surface area contributed by atoms with Crippen molar-refractivity contribution >= 4 is 16.8 Å². The van der Waals surface area contributed by atoms with Gasteiger partial charge in [0.05, 0.1) is 17.3 Å². The first-order chi connectivity index (χ1) is 9.25. The number of H-pyrrole nitrogens is 1. The van der Waals surface area contributed by atoms with Gasteiger partial charge in [-0.25, -0.2) is 0 Å². The van der Waals surface area contributed by atoms with Crippen molar-refractivity contribution in [3.05, 3.63) is 30.0 Å². The van der Waals surface area contributed by atoms with Gasteiger partial charge < -0.3 is 9.80 Å². The maximum absolute atomic E-state index is 12.6. The molecular weight excluding hydrogens is 240 g/mol. The van der Waals surface area contributed by atoms with Crippen LogP contribution in [0.1, 0.15) is 16.8 Å². The fourth-order valence-corrected chi connectivity index (χ4v) is 2.57. The second-order valence-electron chi connectivity index (χ2n) is 5.09. The monoisotopic (exact) mass is 258 g/mol. The van der Waals surface area contributed by atoms with Crippen molar-refractivity contribution in [3.63, 3.8) is 0 Å². The molecule has 5 nitrogen and oxygen atoms in total. The van der Waals surface area contributed by atoms with Crippen molar-refractivity contribution in [2.45, 2.75) is 6.42 Å². The number of carbonyl (C=O) groups excluding carboxylic acids is 1. The Morgan fingerprint density at radius 2 is 2.16 bits per heavy atom. The quantitative estimate of drug-likeness (QED) is 0.840. The van der Waals surface area contributed by atoms with E-state index in [2.05, 4.69) is 22.1 Å². The predicted molar refractivity (Wildman–Crippen MR) is 74.1 cm³/mol. The molecule has 0 bridgehead atoms. The summed E-state index contributed by atoms with van der Waals surface area (Å²) < 4.78 is 0. The maximum Gasteiger partial charge on any atom is 0.256 e. The fourth-order valence-electron chi connectivity index (χ4n) is 2.57. The summed E-state index contributed by atoms with van der Waals surface area (Å²) in [5.74, 6) is 0.102. The van der Waals surface area contributed by atoms with Gasteiger partial charge in [-0.05, 0) is 26.1 Å². The van der Waals surface area contributed by atoms with E-state index in [-0.39, 0.29) is 5.91 Å². The molecule has 1 aliphatic rings. The number of hydrogen-bond acceptors (Lipinski definition) is 3. The highest BCUT2D eigenvalue weighted by molar-refractivity contribution is 6.05. The minimum Gasteiger partial charge on any atom is -0.337 e. The number of carbonyl (C=O) groups is 1. The van der Waals surface area contributed by atoms with Crippen molar-refractivity contribution in [1.29, 1.82) is 0 Å². The minimum absolute atomic E-state index is 0.102. The number of fused-ring (bicyclic) bond motifs is 1. The molecule has 1 aromatic heterocycles. The Morgan fingerprint density at radius 1 is 1.26 bits per heavy atom. The second-order valence-corrected chi connectivity index (χ2v) is 5.09. The zero-order valence-electron chi connectivity index (χ0n) is 11.1.